The Morgan fingerprint density at radius 3 is 1.95 bits per heavy atom. The molecule has 0 aromatic carbocycles. The van der Waals surface area contributed by atoms with Crippen LogP contribution in [0.15, 0.2) is 17.1 Å². The summed E-state index contributed by atoms with van der Waals surface area (Å²) in [7, 11) is 4.50. The van der Waals surface area contributed by atoms with E-state index in [-0.39, 0.29) is 0 Å². The molecule has 0 spiro atoms. The van der Waals surface area contributed by atoms with E-state index in [0.29, 0.717) is 0 Å². The predicted molar refractivity (Wildman–Crippen MR) is 87.1 cm³/mol. The van der Waals surface area contributed by atoms with E-state index < -0.39 is 0 Å². The second kappa shape index (κ2) is 11.9. The van der Waals surface area contributed by atoms with Gasteiger partial charge in [0.2, 0.25) is 0 Å². The molecule has 1 fully saturated rings. The van der Waals surface area contributed by atoms with Gasteiger partial charge >= 0.3 is 0 Å². The third-order valence-electron chi connectivity index (χ3n) is 2.79. The van der Waals surface area contributed by atoms with Gasteiger partial charge in [-0.25, -0.2) is 4.99 Å². The van der Waals surface area contributed by atoms with Crippen molar-refractivity contribution in [3.8, 4) is 0 Å². The van der Waals surface area contributed by atoms with E-state index in [1.54, 1.807) is 0 Å². The van der Waals surface area contributed by atoms with E-state index >= 15 is 0 Å². The number of rotatable bonds is 2. The molecule has 1 heterocycles. The summed E-state index contributed by atoms with van der Waals surface area (Å²) in [5, 5.41) is 7.03. The molecule has 0 bridgehead atoms. The van der Waals surface area contributed by atoms with Crippen LogP contribution in [0.5, 0.6) is 0 Å². The van der Waals surface area contributed by atoms with Crippen LogP contribution < -0.4 is 0 Å². The molecule has 19 heavy (non-hydrogen) atoms. The van der Waals surface area contributed by atoms with Crippen LogP contribution in [0.4, 0.5) is 0 Å². The summed E-state index contributed by atoms with van der Waals surface area (Å²) < 4.78 is 1.07. The molecule has 0 aromatic rings. The molecule has 4 nitrogen and oxygen atoms in total. The maximum absolute atomic E-state index is 7.03. The maximum Gasteiger partial charge on any atom is 0.130 e. The van der Waals surface area contributed by atoms with Gasteiger partial charge < -0.3 is 9.38 Å². The number of nitrogens with zero attached hydrogens (tertiary/aromatic N) is 3. The van der Waals surface area contributed by atoms with Crippen molar-refractivity contribution in [2.24, 2.45) is 4.99 Å². The molecule has 4 heteroatoms. The molecular formula is C15H33N4+. The highest BCUT2D eigenvalue weighted by Crippen LogP contribution is 2.07. The highest BCUT2D eigenvalue weighted by molar-refractivity contribution is 5.97. The average Bonchev–Trinajstić information content (AvgIpc) is 2.43. The molecule has 0 saturated carbocycles. The number of piperazine rings is 1. The van der Waals surface area contributed by atoms with E-state index in [0.717, 1.165) is 42.8 Å². The Bertz CT molecular complexity index is 270. The topological polar surface area (TPSA) is 39.5 Å². The lowest BCUT2D eigenvalue weighted by molar-refractivity contribution is -0.894. The summed E-state index contributed by atoms with van der Waals surface area (Å²) in [5.74, 6) is 0.909. The monoisotopic (exact) mass is 269 g/mol. The zero-order valence-electron chi connectivity index (χ0n) is 13.9. The highest BCUT2D eigenvalue weighted by atomic mass is 15.4. The van der Waals surface area contributed by atoms with Crippen molar-refractivity contribution in [3.05, 3.63) is 12.2 Å². The highest BCUT2D eigenvalue weighted by Gasteiger charge is 2.25. The quantitative estimate of drug-likeness (QED) is 0.467. The minimum atomic E-state index is 0.909. The van der Waals surface area contributed by atoms with Gasteiger partial charge in [0.15, 0.2) is 0 Å². The molecule has 0 amide bonds. The van der Waals surface area contributed by atoms with Gasteiger partial charge in [0.05, 0.1) is 40.3 Å². The third kappa shape index (κ3) is 8.54. The fourth-order valence-electron chi connectivity index (χ4n) is 1.68. The van der Waals surface area contributed by atoms with Crippen LogP contribution in [0, 0.1) is 5.41 Å². The van der Waals surface area contributed by atoms with E-state index in [1.807, 2.05) is 46.8 Å². The number of amidine groups is 1. The molecule has 0 aliphatic carbocycles. The van der Waals surface area contributed by atoms with Crippen LogP contribution in [0.2, 0.25) is 0 Å². The van der Waals surface area contributed by atoms with Crippen LogP contribution in [0.25, 0.3) is 0 Å². The summed E-state index contributed by atoms with van der Waals surface area (Å²) in [4.78, 5) is 6.32. The van der Waals surface area contributed by atoms with E-state index in [1.165, 1.54) is 0 Å². The van der Waals surface area contributed by atoms with Crippen LogP contribution in [-0.4, -0.2) is 61.8 Å². The minimum Gasteiger partial charge on any atom is -0.345 e. The molecule has 112 valence electrons. The molecule has 1 rings (SSSR count). The van der Waals surface area contributed by atoms with Crippen LogP contribution in [0.1, 0.15) is 34.6 Å². The number of likely N-dealkylation sites (N-methyl/N-ethyl adjacent to an activating group) is 1. The minimum absolute atomic E-state index is 0.909. The summed E-state index contributed by atoms with van der Waals surface area (Å²) in [6.45, 7) is 14.3. The van der Waals surface area contributed by atoms with Crippen LogP contribution >= 0.6 is 0 Å². The molecule has 0 unspecified atom stereocenters. The van der Waals surface area contributed by atoms with Gasteiger partial charge in [-0.05, 0) is 13.0 Å². The van der Waals surface area contributed by atoms with Gasteiger partial charge in [-0.2, -0.15) is 0 Å². The second-order valence-electron chi connectivity index (χ2n) is 4.49. The summed E-state index contributed by atoms with van der Waals surface area (Å²) in [5.41, 5.74) is 0. The Hall–Kier alpha value is -1.16. The first-order chi connectivity index (χ1) is 9.09. The van der Waals surface area contributed by atoms with Crippen molar-refractivity contribution in [1.29, 1.82) is 5.41 Å². The van der Waals surface area contributed by atoms with E-state index in [9.17, 15) is 0 Å². The lowest BCUT2D eigenvalue weighted by Crippen LogP contribution is -2.55. The molecule has 1 aliphatic heterocycles. The van der Waals surface area contributed by atoms with Gasteiger partial charge in [-0.3, -0.25) is 5.41 Å². The molecule has 0 radical (unpaired) electrons. The largest absolute Gasteiger partial charge is 0.345 e. The molecule has 0 aromatic heterocycles. The van der Waals surface area contributed by atoms with Crippen molar-refractivity contribution < 1.29 is 4.48 Å². The van der Waals surface area contributed by atoms with Gasteiger partial charge in [-0.15, -0.1) is 0 Å². The number of hydrogen-bond acceptors (Lipinski definition) is 1. The fourth-order valence-corrected chi connectivity index (χ4v) is 1.68. The molecule has 1 N–H and O–H groups in total. The lowest BCUT2D eigenvalue weighted by Gasteiger charge is -2.39. The first-order valence-corrected chi connectivity index (χ1v) is 7.35. The first kappa shape index (κ1) is 20.2. The van der Waals surface area contributed by atoms with Crippen molar-refractivity contribution >= 4 is 12.2 Å². The fraction of sp³-hybridized carbons (Fsp3) is 0.733. The first-order valence-electron chi connectivity index (χ1n) is 7.35. The summed E-state index contributed by atoms with van der Waals surface area (Å²) in [6, 6.07) is 0. The smallest absolute Gasteiger partial charge is 0.130 e. The number of hydrogen-bond donors (Lipinski definition) is 1. The summed E-state index contributed by atoms with van der Waals surface area (Å²) in [6.07, 6.45) is 5.05. The number of quaternary nitrogens is 1. The second-order valence-corrected chi connectivity index (χ2v) is 4.49. The van der Waals surface area contributed by atoms with Gasteiger partial charge in [0.1, 0.15) is 12.2 Å². The number of aliphatic imine (C=N–C) groups is 1. The van der Waals surface area contributed by atoms with Crippen molar-refractivity contribution in [3.63, 3.8) is 0 Å². The zero-order chi connectivity index (χ0) is 15.3. The zero-order valence-corrected chi connectivity index (χ0v) is 13.9. The van der Waals surface area contributed by atoms with Gasteiger partial charge in [-0.1, -0.05) is 33.8 Å². The predicted octanol–water partition coefficient (Wildman–Crippen LogP) is 3.01. The number of nitrogens with one attached hydrogen (secondary N) is 1. The van der Waals surface area contributed by atoms with Crippen LogP contribution in [0.3, 0.4) is 0 Å². The Balaban J connectivity index is 0. The van der Waals surface area contributed by atoms with Gasteiger partial charge in [0, 0.05) is 0 Å². The van der Waals surface area contributed by atoms with E-state index in [4.69, 9.17) is 5.41 Å². The van der Waals surface area contributed by atoms with Crippen molar-refractivity contribution in [2.75, 3.05) is 40.3 Å². The normalized spacial score (nSPS) is 18.1. The van der Waals surface area contributed by atoms with Crippen molar-refractivity contribution in [1.82, 2.24) is 4.90 Å². The van der Waals surface area contributed by atoms with Crippen molar-refractivity contribution in [2.45, 2.75) is 34.6 Å². The summed E-state index contributed by atoms with van der Waals surface area (Å²) >= 11 is 0. The molecular weight excluding hydrogens is 236 g/mol. The lowest BCUT2D eigenvalue weighted by atomic mass is 10.2. The Labute approximate surface area is 119 Å². The Morgan fingerprint density at radius 2 is 1.58 bits per heavy atom. The average molecular weight is 269 g/mol. The van der Waals surface area contributed by atoms with Gasteiger partial charge in [0.25, 0.3) is 0 Å². The van der Waals surface area contributed by atoms with Crippen LogP contribution in [-0.2, 0) is 0 Å². The Morgan fingerprint density at radius 1 is 1.11 bits per heavy atom. The van der Waals surface area contributed by atoms with E-state index in [2.05, 4.69) is 24.0 Å². The molecule has 1 aliphatic rings. The SMILES string of the molecule is C/C=C\C(=NC=N)N1CC[N+](C)(C)CC1.CC.CC. The Kier molecular flexibility index (Phi) is 12.6. The third-order valence-corrected chi connectivity index (χ3v) is 2.79. The number of allylic oxidation sites excluding steroid dienone is 1. The molecule has 1 saturated heterocycles. The standard InChI is InChI=1S/C11H21N4.2C2H6/c1-4-5-11(13-10-12)14-6-8-15(2,3)9-7-14;2*1-2/h4-5,10,12H,6-9H2,1-3H3;2*1-2H3/q+1;;/b5-4-,12-10?,13-11?;;. The maximum atomic E-state index is 7.03. The molecule has 0 atom stereocenters.